The molecule has 1 atom stereocenters. The lowest BCUT2D eigenvalue weighted by molar-refractivity contribution is -0.116. The van der Waals surface area contributed by atoms with Crippen molar-refractivity contribution in [3.63, 3.8) is 0 Å². The van der Waals surface area contributed by atoms with Crippen LogP contribution >= 0.6 is 0 Å². The number of carbonyl (C=O) groups is 1. The monoisotopic (exact) mass is 244 g/mol. The van der Waals surface area contributed by atoms with Crippen molar-refractivity contribution in [2.24, 2.45) is 0 Å². The van der Waals surface area contributed by atoms with Gasteiger partial charge in [0.2, 0.25) is 0 Å². The third-order valence-electron chi connectivity index (χ3n) is 3.76. The summed E-state index contributed by atoms with van der Waals surface area (Å²) in [5, 5.41) is 0. The lowest BCUT2D eigenvalue weighted by atomic mass is 9.80. The molecule has 0 spiro atoms. The van der Waals surface area contributed by atoms with Crippen LogP contribution in [-0.2, 0) is 11.2 Å². The number of allylic oxidation sites excluding steroid dienone is 1. The molecule has 0 bridgehead atoms. The van der Waals surface area contributed by atoms with Crippen molar-refractivity contribution < 1.29 is 9.53 Å². The molecule has 0 saturated heterocycles. The summed E-state index contributed by atoms with van der Waals surface area (Å²) in [7, 11) is 1.70. The molecule has 0 heterocycles. The molecule has 1 fully saturated rings. The summed E-state index contributed by atoms with van der Waals surface area (Å²) in [5.41, 5.74) is 3.32. The molecule has 0 aromatic heterocycles. The minimum absolute atomic E-state index is 0.232. The molecule has 2 nitrogen and oxygen atoms in total. The smallest absolute Gasteiger partial charge is 0.158 e. The highest BCUT2D eigenvalue weighted by molar-refractivity contribution is 5.95. The lowest BCUT2D eigenvalue weighted by Gasteiger charge is -2.24. The normalized spacial score (nSPS) is 20.0. The first-order chi connectivity index (χ1) is 8.65. The zero-order valence-electron chi connectivity index (χ0n) is 11.2. The summed E-state index contributed by atoms with van der Waals surface area (Å²) >= 11 is 0. The van der Waals surface area contributed by atoms with Gasteiger partial charge in [-0.25, -0.2) is 0 Å². The number of methoxy groups -OCH3 is 1. The zero-order valence-corrected chi connectivity index (χ0v) is 11.2. The van der Waals surface area contributed by atoms with E-state index < -0.39 is 0 Å². The number of hydrogen-bond donors (Lipinski definition) is 0. The van der Waals surface area contributed by atoms with Gasteiger partial charge in [-0.3, -0.25) is 4.79 Å². The van der Waals surface area contributed by atoms with Crippen molar-refractivity contribution in [2.75, 3.05) is 7.11 Å². The van der Waals surface area contributed by atoms with Crippen LogP contribution in [0.1, 0.15) is 43.2 Å². The van der Waals surface area contributed by atoms with Crippen LogP contribution in [0.5, 0.6) is 5.75 Å². The number of Topliss-reactive ketones (excluding diaryl/α,β-unsaturated/α-hetero) is 1. The highest BCUT2D eigenvalue weighted by atomic mass is 16.5. The molecule has 96 valence electrons. The van der Waals surface area contributed by atoms with Gasteiger partial charge >= 0.3 is 0 Å². The van der Waals surface area contributed by atoms with E-state index in [1.165, 1.54) is 11.1 Å². The molecule has 0 N–H and O–H groups in total. The fraction of sp³-hybridized carbons (Fsp3) is 0.438. The molecule has 1 unspecified atom stereocenters. The van der Waals surface area contributed by atoms with E-state index in [2.05, 4.69) is 25.6 Å². The van der Waals surface area contributed by atoms with E-state index in [-0.39, 0.29) is 5.78 Å². The number of benzene rings is 1. The van der Waals surface area contributed by atoms with Gasteiger partial charge < -0.3 is 4.74 Å². The minimum atomic E-state index is 0.232. The van der Waals surface area contributed by atoms with E-state index in [0.717, 1.165) is 30.6 Å². The van der Waals surface area contributed by atoms with Gasteiger partial charge in [-0.2, -0.15) is 0 Å². The summed E-state index contributed by atoms with van der Waals surface area (Å²) in [6.07, 6.45) is 3.34. The Bertz CT molecular complexity index is 474. The summed E-state index contributed by atoms with van der Waals surface area (Å²) in [5.74, 6) is 1.62. The molecule has 2 heteroatoms. The SMILES string of the molecule is C=C1CC(c2ccc(OC)c(CC)c2)CCC1=O. The molecule has 1 aliphatic carbocycles. The van der Waals surface area contributed by atoms with Crippen LogP contribution in [0.2, 0.25) is 0 Å². The Morgan fingerprint density at radius 3 is 2.83 bits per heavy atom. The topological polar surface area (TPSA) is 26.3 Å². The van der Waals surface area contributed by atoms with Crippen LogP contribution in [0.15, 0.2) is 30.4 Å². The molecule has 0 radical (unpaired) electrons. The minimum Gasteiger partial charge on any atom is -0.496 e. The Kier molecular flexibility index (Phi) is 3.85. The Balaban J connectivity index is 2.23. The van der Waals surface area contributed by atoms with Crippen LogP contribution in [-0.4, -0.2) is 12.9 Å². The molecule has 0 aliphatic heterocycles. The largest absolute Gasteiger partial charge is 0.496 e. The van der Waals surface area contributed by atoms with Gasteiger partial charge in [0.1, 0.15) is 5.75 Å². The third kappa shape index (κ3) is 2.47. The van der Waals surface area contributed by atoms with Gasteiger partial charge in [0.15, 0.2) is 5.78 Å². The van der Waals surface area contributed by atoms with Gasteiger partial charge in [0.25, 0.3) is 0 Å². The third-order valence-corrected chi connectivity index (χ3v) is 3.76. The molecular formula is C16H20O2. The predicted octanol–water partition coefficient (Wildman–Crippen LogP) is 3.65. The molecule has 0 amide bonds. The maximum absolute atomic E-state index is 11.5. The summed E-state index contributed by atoms with van der Waals surface area (Å²) in [6.45, 7) is 6.00. The van der Waals surface area contributed by atoms with E-state index in [4.69, 9.17) is 4.74 Å². The fourth-order valence-corrected chi connectivity index (χ4v) is 2.61. The zero-order chi connectivity index (χ0) is 13.1. The van der Waals surface area contributed by atoms with Crippen LogP contribution in [0.25, 0.3) is 0 Å². The standard InChI is InChI=1S/C16H20O2/c1-4-12-10-14(6-8-16(12)18-3)13-5-7-15(17)11(2)9-13/h6,8,10,13H,2,4-5,7,9H2,1,3H3. The number of hydrogen-bond acceptors (Lipinski definition) is 2. The number of ether oxygens (including phenoxy) is 1. The first kappa shape index (κ1) is 12.9. The van der Waals surface area contributed by atoms with Crippen molar-refractivity contribution in [3.8, 4) is 5.75 Å². The lowest BCUT2D eigenvalue weighted by Crippen LogP contribution is -2.15. The highest BCUT2D eigenvalue weighted by Gasteiger charge is 2.23. The van der Waals surface area contributed by atoms with E-state index in [1.807, 2.05) is 6.07 Å². The molecule has 18 heavy (non-hydrogen) atoms. The molecule has 2 rings (SSSR count). The molecular weight excluding hydrogens is 224 g/mol. The first-order valence-electron chi connectivity index (χ1n) is 6.53. The maximum Gasteiger partial charge on any atom is 0.158 e. The van der Waals surface area contributed by atoms with Crippen molar-refractivity contribution in [1.29, 1.82) is 0 Å². The molecule has 1 saturated carbocycles. The van der Waals surface area contributed by atoms with E-state index >= 15 is 0 Å². The van der Waals surface area contributed by atoms with Crippen LogP contribution < -0.4 is 4.74 Å². The van der Waals surface area contributed by atoms with E-state index in [1.54, 1.807) is 7.11 Å². The summed E-state index contributed by atoms with van der Waals surface area (Å²) < 4.78 is 5.35. The van der Waals surface area contributed by atoms with Crippen molar-refractivity contribution in [2.45, 2.75) is 38.5 Å². The van der Waals surface area contributed by atoms with Crippen molar-refractivity contribution in [3.05, 3.63) is 41.5 Å². The molecule has 1 aliphatic rings. The van der Waals surface area contributed by atoms with Gasteiger partial charge in [0.05, 0.1) is 7.11 Å². The van der Waals surface area contributed by atoms with Gasteiger partial charge in [0, 0.05) is 6.42 Å². The van der Waals surface area contributed by atoms with Gasteiger partial charge in [-0.15, -0.1) is 0 Å². The predicted molar refractivity (Wildman–Crippen MR) is 73.1 cm³/mol. The first-order valence-corrected chi connectivity index (χ1v) is 6.53. The van der Waals surface area contributed by atoms with Crippen LogP contribution in [0, 0.1) is 0 Å². The number of carbonyl (C=O) groups excluding carboxylic acids is 1. The van der Waals surface area contributed by atoms with Crippen LogP contribution in [0.4, 0.5) is 0 Å². The summed E-state index contributed by atoms with van der Waals surface area (Å²) in [4.78, 5) is 11.5. The highest BCUT2D eigenvalue weighted by Crippen LogP contribution is 2.35. The van der Waals surface area contributed by atoms with Gasteiger partial charge in [-0.1, -0.05) is 25.6 Å². The fourth-order valence-electron chi connectivity index (χ4n) is 2.61. The number of ketones is 1. The second-order valence-corrected chi connectivity index (χ2v) is 4.89. The Hall–Kier alpha value is -1.57. The number of rotatable bonds is 3. The second kappa shape index (κ2) is 5.38. The summed E-state index contributed by atoms with van der Waals surface area (Å²) in [6, 6.07) is 6.37. The maximum atomic E-state index is 11.5. The van der Waals surface area contributed by atoms with Crippen LogP contribution in [0.3, 0.4) is 0 Å². The average molecular weight is 244 g/mol. The van der Waals surface area contributed by atoms with Crippen molar-refractivity contribution >= 4 is 5.78 Å². The van der Waals surface area contributed by atoms with E-state index in [0.29, 0.717) is 12.3 Å². The molecule has 1 aromatic carbocycles. The number of aryl methyl sites for hydroxylation is 1. The Labute approximate surface area is 109 Å². The van der Waals surface area contributed by atoms with Gasteiger partial charge in [-0.05, 0) is 47.9 Å². The van der Waals surface area contributed by atoms with E-state index in [9.17, 15) is 4.79 Å². The second-order valence-electron chi connectivity index (χ2n) is 4.89. The molecule has 1 aromatic rings. The average Bonchev–Trinajstić information content (AvgIpc) is 2.41. The van der Waals surface area contributed by atoms with Crippen molar-refractivity contribution in [1.82, 2.24) is 0 Å². The Morgan fingerprint density at radius 2 is 2.22 bits per heavy atom. The Morgan fingerprint density at radius 1 is 1.44 bits per heavy atom. The quantitative estimate of drug-likeness (QED) is 0.759.